The molecule has 32 nitrogen and oxygen atoms in total. The van der Waals surface area contributed by atoms with Crippen molar-refractivity contribution in [2.45, 2.75) is 101 Å². The third-order valence-corrected chi connectivity index (χ3v) is 20.2. The zero-order chi connectivity index (χ0) is 83.3. The highest BCUT2D eigenvalue weighted by Gasteiger charge is 2.32. The fourth-order valence-corrected chi connectivity index (χ4v) is 13.5. The Labute approximate surface area is 688 Å². The number of benzene rings is 4. The average Bonchev–Trinajstić information content (AvgIpc) is 1.65. The van der Waals surface area contributed by atoms with E-state index in [0.717, 1.165) is 75.1 Å². The minimum absolute atomic E-state index is 0.00379. The summed E-state index contributed by atoms with van der Waals surface area (Å²) in [4.78, 5) is 112. The van der Waals surface area contributed by atoms with Crippen LogP contribution in [0.25, 0.3) is 46.9 Å². The second kappa shape index (κ2) is 32.7. The second-order valence-electron chi connectivity index (χ2n) is 29.0. The van der Waals surface area contributed by atoms with Crippen LogP contribution in [-0.2, 0) is 38.4 Å². The van der Waals surface area contributed by atoms with Gasteiger partial charge in [-0.05, 0) is 142 Å². The first-order chi connectivity index (χ1) is 57.8. The van der Waals surface area contributed by atoms with Crippen LogP contribution in [0.2, 0.25) is 15.1 Å². The number of carbonyl (C=O) groups is 8. The summed E-state index contributed by atoms with van der Waals surface area (Å²) >= 11 is 18.0. The van der Waals surface area contributed by atoms with Gasteiger partial charge in [0.2, 0.25) is 23.6 Å². The van der Waals surface area contributed by atoms with Crippen molar-refractivity contribution in [3.8, 4) is 0 Å². The van der Waals surface area contributed by atoms with Crippen LogP contribution in [0, 0.1) is 29.1 Å². The van der Waals surface area contributed by atoms with Crippen LogP contribution in [0.1, 0.15) is 99.3 Å². The maximum Gasteiger partial charge on any atom is 0.254 e. The molecule has 8 fully saturated rings. The summed E-state index contributed by atoms with van der Waals surface area (Å²) in [5.74, 6) is -1.41. The van der Waals surface area contributed by atoms with Gasteiger partial charge in [-0.3, -0.25) is 59.6 Å². The van der Waals surface area contributed by atoms with Gasteiger partial charge in [0.15, 0.2) is 22.6 Å². The molecule has 0 bridgehead atoms. The number of carbonyl (C=O) groups excluding carboxylic acids is 8. The number of nitrogens with zero attached hydrogens (tertiary/aromatic N) is 12. The second-order valence-corrected chi connectivity index (χ2v) is 30.3. The number of hydrogen-bond donors (Lipinski definition) is 12. The molecule has 12 heterocycles. The molecule has 8 aliphatic rings. The number of hydrogen-bond acceptors (Lipinski definition) is 24. The van der Waals surface area contributed by atoms with Crippen molar-refractivity contribution >= 4 is 198 Å². The van der Waals surface area contributed by atoms with Crippen LogP contribution >= 0.6 is 34.8 Å². The fourth-order valence-electron chi connectivity index (χ4n) is 12.9. The number of aromatic nitrogens is 12. The maximum atomic E-state index is 14.2. The van der Waals surface area contributed by atoms with Gasteiger partial charge in [0.25, 0.3) is 23.6 Å². The van der Waals surface area contributed by atoms with E-state index in [-0.39, 0.29) is 70.7 Å². The summed E-state index contributed by atoms with van der Waals surface area (Å²) in [5, 5.41) is 52.7. The van der Waals surface area contributed by atoms with E-state index in [1.54, 1.807) is 97.5 Å². The molecule has 4 aliphatic heterocycles. The van der Waals surface area contributed by atoms with E-state index in [0.29, 0.717) is 143 Å². The summed E-state index contributed by atoms with van der Waals surface area (Å²) < 4.78 is 74.8. The average molecular weight is 1690 g/mol. The molecule has 8 aromatic heterocycles. The molecule has 0 radical (unpaired) electrons. The van der Waals surface area contributed by atoms with Crippen LogP contribution in [0.3, 0.4) is 0 Å². The molecule has 0 unspecified atom stereocenters. The van der Waals surface area contributed by atoms with E-state index < -0.39 is 52.7 Å². The molecule has 0 atom stereocenters. The minimum Gasteiger partial charge on any atom is -0.367 e. The number of anilines is 12. The number of halogens is 8. The van der Waals surface area contributed by atoms with E-state index in [1.807, 2.05) is 0 Å². The number of amides is 8. The first-order valence-corrected chi connectivity index (χ1v) is 38.7. The number of nitrogens with one attached hydrogen (secondary N) is 12. The van der Waals surface area contributed by atoms with Crippen molar-refractivity contribution < 1.29 is 60.3 Å². The Morgan fingerprint density at radius 2 is 0.675 bits per heavy atom. The van der Waals surface area contributed by atoms with Crippen molar-refractivity contribution in [3.63, 3.8) is 0 Å². The van der Waals surface area contributed by atoms with Gasteiger partial charge >= 0.3 is 0 Å². The molecule has 20 rings (SSSR count). The molecule has 12 N–H and O–H groups in total. The molecular formula is C80H64Cl3F5N24O8. The molecule has 40 heteroatoms. The summed E-state index contributed by atoms with van der Waals surface area (Å²) in [6.45, 7) is 0. The highest BCUT2D eigenvalue weighted by Crippen LogP contribution is 2.37. The molecule has 4 saturated carbocycles. The molecule has 120 heavy (non-hydrogen) atoms. The van der Waals surface area contributed by atoms with E-state index >= 15 is 0 Å². The minimum atomic E-state index is -0.745. The van der Waals surface area contributed by atoms with Crippen molar-refractivity contribution in [1.82, 2.24) is 79.7 Å². The number of rotatable bonds is 20. The van der Waals surface area contributed by atoms with E-state index in [9.17, 15) is 60.3 Å². The molecule has 8 amide bonds. The van der Waals surface area contributed by atoms with E-state index in [4.69, 9.17) is 34.8 Å². The van der Waals surface area contributed by atoms with E-state index in [2.05, 4.69) is 104 Å². The lowest BCUT2D eigenvalue weighted by molar-refractivity contribution is -0.125. The molecular weight excluding hydrogens is 1630 g/mol. The van der Waals surface area contributed by atoms with Gasteiger partial charge in [-0.15, -0.1) is 0 Å². The van der Waals surface area contributed by atoms with Crippen LogP contribution in [0.4, 0.5) is 91.2 Å². The van der Waals surface area contributed by atoms with E-state index in [1.165, 1.54) is 54.6 Å². The normalized spacial score (nSPS) is 17.6. The van der Waals surface area contributed by atoms with Crippen molar-refractivity contribution in [3.05, 3.63) is 211 Å². The Kier molecular flexibility index (Phi) is 21.3. The first kappa shape index (κ1) is 78.3. The summed E-state index contributed by atoms with van der Waals surface area (Å²) in [6, 6.07) is 24.2. The molecule has 4 aliphatic carbocycles. The predicted molar refractivity (Wildman–Crippen MR) is 435 cm³/mol. The predicted octanol–water partition coefficient (Wildman–Crippen LogP) is 12.6. The van der Waals surface area contributed by atoms with Gasteiger partial charge in [-0.25, -0.2) is 41.9 Å². The largest absolute Gasteiger partial charge is 0.367 e. The number of fused-ring (bicyclic) bond motifs is 4. The van der Waals surface area contributed by atoms with Crippen molar-refractivity contribution in [1.29, 1.82) is 0 Å². The zero-order valence-electron chi connectivity index (χ0n) is 62.3. The lowest BCUT2D eigenvalue weighted by Crippen LogP contribution is -2.19. The SMILES string of the molecule is O=C1C/C(=C\c2cnn3c(NC4CC4)cc(Nc4cc(Cl)ccc4F)nc23)C(=O)N1.O=C1C/C(=C\c2cnn3c(NC4CC4)cc(Nc4ccc(F)c(Cl)c4)nc23)C(=O)N1.O=C1C/C(=C\c2cnn3c(NC4CC4)cc(Nc4ccc(F)cc4Cl)nc23)C(=O)N1.O=C1C/C(=C\c2cnn3c(NC4CC4)cc(Nc4ccc(F)cc4F)nc23)C(=O)N1. The van der Waals surface area contributed by atoms with Crippen molar-refractivity contribution in [2.24, 2.45) is 0 Å². The summed E-state index contributed by atoms with van der Waals surface area (Å²) in [5.41, 5.74) is 6.94. The van der Waals surface area contributed by atoms with Gasteiger partial charge in [0.05, 0.1) is 77.6 Å². The third-order valence-electron chi connectivity index (χ3n) is 19.4. The van der Waals surface area contributed by atoms with Gasteiger partial charge in [0, 0.05) is 110 Å². The van der Waals surface area contributed by atoms with Crippen molar-refractivity contribution in [2.75, 3.05) is 42.5 Å². The smallest absolute Gasteiger partial charge is 0.254 e. The van der Waals surface area contributed by atoms with Crippen LogP contribution in [0.5, 0.6) is 0 Å². The molecule has 4 saturated heterocycles. The Morgan fingerprint density at radius 3 is 1.01 bits per heavy atom. The van der Waals surface area contributed by atoms with Gasteiger partial charge in [-0.1, -0.05) is 34.8 Å². The Morgan fingerprint density at radius 1 is 0.342 bits per heavy atom. The zero-order valence-corrected chi connectivity index (χ0v) is 64.6. The van der Waals surface area contributed by atoms with Crippen LogP contribution in [0.15, 0.2) is 144 Å². The summed E-state index contributed by atoms with van der Waals surface area (Å²) in [6.07, 6.45) is 21.2. The number of imide groups is 4. The molecule has 0 spiro atoms. The third kappa shape index (κ3) is 18.2. The maximum absolute atomic E-state index is 14.2. The molecule has 4 aromatic carbocycles. The lowest BCUT2D eigenvalue weighted by atomic mass is 10.1. The Bertz CT molecular complexity index is 6270. The van der Waals surface area contributed by atoms with Gasteiger partial charge in [-0.2, -0.15) is 38.5 Å². The quantitative estimate of drug-likeness (QED) is 0.0191. The highest BCUT2D eigenvalue weighted by atomic mass is 35.5. The van der Waals surface area contributed by atoms with Crippen LogP contribution < -0.4 is 63.8 Å². The summed E-state index contributed by atoms with van der Waals surface area (Å²) in [7, 11) is 0. The standard InChI is InChI=1S/3C20H16ClFN6O2.C20H16F2N6O2/c21-14-7-12(22)1-4-15(14)25-16-8-17(24-13-2-3-13)28-19(26-16)11(9-23-28)5-10-6-18(29)27-20(10)30;21-12-1-4-14(22)15(7-12)25-16-8-17(24-13-2-3-13)28-19(26-16)11(9-23-28)5-10-6-18(29)27-20(10)30;21-14-7-13(3-4-15(14)22)24-16-8-17(25-12-1-2-12)28-19(26-16)11(9-23-28)5-10-6-18(29)27-20(10)30;21-12-1-4-15(14(22)7-12)25-16-8-17(24-13-2-3-13)28-19(26-16)11(9-23-28)5-10-6-18(29)27-20(10)30/h2*1,4-5,7-9,13,24H,2-3,6H2,(H,25,26)(H,27,29,30);3-5,7-9,12,25H,1-2,6H2,(H,24,26)(H,27,29,30);1,4-5,7-9,13,24H,2-3,6H2,(H,25,26)(H,27,29,30)/b4*10-5+. The lowest BCUT2D eigenvalue weighted by Gasteiger charge is -2.12. The Balaban J connectivity index is 0.000000114. The first-order valence-electron chi connectivity index (χ1n) is 37.5. The highest BCUT2D eigenvalue weighted by molar-refractivity contribution is 6.33. The topological polar surface area (TPSA) is 402 Å². The molecule has 608 valence electrons. The van der Waals surface area contributed by atoms with Gasteiger partial charge in [0.1, 0.15) is 75.6 Å². The van der Waals surface area contributed by atoms with Crippen LogP contribution in [-0.4, -0.2) is 130 Å². The monoisotopic (exact) mass is 1690 g/mol. The van der Waals surface area contributed by atoms with Gasteiger partial charge < -0.3 is 42.5 Å². The molecule has 12 aromatic rings. The fraction of sp³-hybridized carbons (Fsp3) is 0.200. The Hall–Kier alpha value is -14.2.